The molecule has 17 heavy (non-hydrogen) atoms. The molecule has 1 aromatic carbocycles. The molecular formula is C13H19F2NS. The minimum Gasteiger partial charge on any atom is -0.316 e. The van der Waals surface area contributed by atoms with E-state index < -0.39 is 11.6 Å². The van der Waals surface area contributed by atoms with E-state index in [1.807, 2.05) is 0 Å². The molecule has 0 aliphatic rings. The fourth-order valence-corrected chi connectivity index (χ4v) is 2.48. The number of thioether (sulfide) groups is 1. The minimum atomic E-state index is -0.455. The summed E-state index contributed by atoms with van der Waals surface area (Å²) in [6, 6.07) is 2.80. The lowest BCUT2D eigenvalue weighted by Crippen LogP contribution is -2.06. The van der Waals surface area contributed by atoms with Crippen LogP contribution in [-0.2, 0) is 6.54 Å². The van der Waals surface area contributed by atoms with E-state index in [1.165, 1.54) is 23.9 Å². The summed E-state index contributed by atoms with van der Waals surface area (Å²) < 4.78 is 27.4. The van der Waals surface area contributed by atoms with Gasteiger partial charge in [-0.05, 0) is 30.7 Å². The predicted octanol–water partition coefficient (Wildman–Crippen LogP) is 3.82. The van der Waals surface area contributed by atoms with Crippen molar-refractivity contribution in [1.82, 2.24) is 5.32 Å². The van der Waals surface area contributed by atoms with Gasteiger partial charge in [0.05, 0.1) is 4.90 Å². The van der Waals surface area contributed by atoms with Crippen LogP contribution in [-0.4, -0.2) is 12.8 Å². The van der Waals surface area contributed by atoms with Crippen molar-refractivity contribution in [2.24, 2.45) is 5.92 Å². The van der Waals surface area contributed by atoms with Gasteiger partial charge in [0.15, 0.2) is 0 Å². The summed E-state index contributed by atoms with van der Waals surface area (Å²) in [6.45, 7) is 4.64. The smallest absolute Gasteiger partial charge is 0.140 e. The Balaban J connectivity index is 2.78. The molecule has 1 atom stereocenters. The van der Waals surface area contributed by atoms with Crippen molar-refractivity contribution >= 4 is 11.8 Å². The standard InChI is InChI=1S/C13H19F2NS/c1-4-9(2)8-17-13-11(14)5-10(7-16-3)6-12(13)15/h5-6,9,16H,4,7-8H2,1-3H3. The number of rotatable bonds is 6. The van der Waals surface area contributed by atoms with Crippen molar-refractivity contribution in [3.63, 3.8) is 0 Å². The van der Waals surface area contributed by atoms with Crippen LogP contribution < -0.4 is 5.32 Å². The zero-order valence-corrected chi connectivity index (χ0v) is 11.3. The van der Waals surface area contributed by atoms with E-state index in [4.69, 9.17) is 0 Å². The van der Waals surface area contributed by atoms with Crippen LogP contribution in [0.25, 0.3) is 0 Å². The van der Waals surface area contributed by atoms with Gasteiger partial charge in [0.1, 0.15) is 11.6 Å². The van der Waals surface area contributed by atoms with Crippen molar-refractivity contribution in [1.29, 1.82) is 0 Å². The molecule has 0 saturated carbocycles. The van der Waals surface area contributed by atoms with E-state index in [2.05, 4.69) is 19.2 Å². The second kappa shape index (κ2) is 6.97. The van der Waals surface area contributed by atoms with Crippen LogP contribution in [0.2, 0.25) is 0 Å². The summed E-state index contributed by atoms with van der Waals surface area (Å²) in [5, 5.41) is 2.88. The van der Waals surface area contributed by atoms with Gasteiger partial charge in [-0.25, -0.2) is 8.78 Å². The quantitative estimate of drug-likeness (QED) is 0.779. The third-order valence-electron chi connectivity index (χ3n) is 2.65. The van der Waals surface area contributed by atoms with Crippen LogP contribution in [0.1, 0.15) is 25.8 Å². The summed E-state index contributed by atoms with van der Waals surface area (Å²) in [6.07, 6.45) is 1.02. The third kappa shape index (κ3) is 4.28. The fourth-order valence-electron chi connectivity index (χ4n) is 1.40. The summed E-state index contributed by atoms with van der Waals surface area (Å²) in [4.78, 5) is 0.144. The molecule has 1 nitrogen and oxygen atoms in total. The molecule has 1 N–H and O–H groups in total. The maximum Gasteiger partial charge on any atom is 0.140 e. The van der Waals surface area contributed by atoms with E-state index >= 15 is 0 Å². The van der Waals surface area contributed by atoms with Gasteiger partial charge in [0.25, 0.3) is 0 Å². The average molecular weight is 259 g/mol. The molecule has 0 saturated heterocycles. The summed E-state index contributed by atoms with van der Waals surface area (Å²) in [7, 11) is 1.75. The molecule has 1 rings (SSSR count). The molecular weight excluding hydrogens is 240 g/mol. The van der Waals surface area contributed by atoms with Gasteiger partial charge in [0, 0.05) is 12.3 Å². The maximum atomic E-state index is 13.7. The Kier molecular flexibility index (Phi) is 5.92. The number of benzene rings is 1. The summed E-state index contributed by atoms with van der Waals surface area (Å²) in [5.74, 6) is 0.304. The van der Waals surface area contributed by atoms with Crippen LogP contribution in [0.5, 0.6) is 0 Å². The Labute approximate surface area is 106 Å². The first-order valence-electron chi connectivity index (χ1n) is 5.83. The topological polar surface area (TPSA) is 12.0 Å². The highest BCUT2D eigenvalue weighted by Crippen LogP contribution is 2.28. The predicted molar refractivity (Wildman–Crippen MR) is 69.3 cm³/mol. The molecule has 0 amide bonds. The first-order chi connectivity index (χ1) is 8.08. The minimum absolute atomic E-state index is 0.144. The van der Waals surface area contributed by atoms with Crippen LogP contribution >= 0.6 is 11.8 Å². The van der Waals surface area contributed by atoms with Crippen LogP contribution in [0.15, 0.2) is 17.0 Å². The number of hydrogen-bond acceptors (Lipinski definition) is 2. The Morgan fingerprint density at radius 3 is 2.35 bits per heavy atom. The molecule has 0 spiro atoms. The van der Waals surface area contributed by atoms with Crippen molar-refractivity contribution in [2.75, 3.05) is 12.8 Å². The van der Waals surface area contributed by atoms with Gasteiger partial charge in [-0.2, -0.15) is 0 Å². The summed E-state index contributed by atoms with van der Waals surface area (Å²) in [5.41, 5.74) is 0.635. The van der Waals surface area contributed by atoms with Crippen LogP contribution in [0.4, 0.5) is 8.78 Å². The summed E-state index contributed by atoms with van der Waals surface area (Å²) >= 11 is 1.26. The Morgan fingerprint density at radius 1 is 1.29 bits per heavy atom. The van der Waals surface area contributed by atoms with Crippen LogP contribution in [0, 0.1) is 17.6 Å². The van der Waals surface area contributed by atoms with Gasteiger partial charge in [0.2, 0.25) is 0 Å². The van der Waals surface area contributed by atoms with Crippen molar-refractivity contribution in [3.05, 3.63) is 29.3 Å². The fraction of sp³-hybridized carbons (Fsp3) is 0.538. The van der Waals surface area contributed by atoms with Gasteiger partial charge in [-0.3, -0.25) is 0 Å². The molecule has 0 bridgehead atoms. The number of halogens is 2. The Morgan fingerprint density at radius 2 is 1.88 bits per heavy atom. The third-order valence-corrected chi connectivity index (χ3v) is 4.06. The lowest BCUT2D eigenvalue weighted by atomic mass is 10.2. The van der Waals surface area contributed by atoms with Gasteiger partial charge in [-0.15, -0.1) is 11.8 Å². The molecule has 0 radical (unpaired) electrons. The highest BCUT2D eigenvalue weighted by molar-refractivity contribution is 7.99. The first kappa shape index (κ1) is 14.5. The van der Waals surface area contributed by atoms with Gasteiger partial charge >= 0.3 is 0 Å². The molecule has 4 heteroatoms. The van der Waals surface area contributed by atoms with E-state index in [0.717, 1.165) is 12.2 Å². The normalized spacial score (nSPS) is 12.8. The second-order valence-corrected chi connectivity index (χ2v) is 5.27. The first-order valence-corrected chi connectivity index (χ1v) is 6.82. The van der Waals surface area contributed by atoms with Crippen molar-refractivity contribution < 1.29 is 8.78 Å². The van der Waals surface area contributed by atoms with Gasteiger partial charge in [-0.1, -0.05) is 20.3 Å². The van der Waals surface area contributed by atoms with Crippen molar-refractivity contribution in [2.45, 2.75) is 31.7 Å². The molecule has 1 unspecified atom stereocenters. The number of nitrogens with one attached hydrogen (secondary N) is 1. The SMILES string of the molecule is CCC(C)CSc1c(F)cc(CNC)cc1F. The van der Waals surface area contributed by atoms with E-state index in [-0.39, 0.29) is 4.90 Å². The highest BCUT2D eigenvalue weighted by atomic mass is 32.2. The van der Waals surface area contributed by atoms with E-state index in [0.29, 0.717) is 18.0 Å². The Hall–Kier alpha value is -0.610. The molecule has 0 heterocycles. The molecule has 0 aliphatic heterocycles. The average Bonchev–Trinajstić information content (AvgIpc) is 2.28. The van der Waals surface area contributed by atoms with Crippen LogP contribution in [0.3, 0.4) is 0 Å². The highest BCUT2D eigenvalue weighted by Gasteiger charge is 2.12. The molecule has 0 fully saturated rings. The molecule has 0 aromatic heterocycles. The lowest BCUT2D eigenvalue weighted by Gasteiger charge is -2.10. The van der Waals surface area contributed by atoms with Crippen molar-refractivity contribution in [3.8, 4) is 0 Å². The zero-order valence-electron chi connectivity index (χ0n) is 10.5. The van der Waals surface area contributed by atoms with E-state index in [1.54, 1.807) is 7.05 Å². The maximum absolute atomic E-state index is 13.7. The second-order valence-electron chi connectivity index (χ2n) is 4.24. The lowest BCUT2D eigenvalue weighted by molar-refractivity contribution is 0.534. The molecule has 0 aliphatic carbocycles. The van der Waals surface area contributed by atoms with E-state index in [9.17, 15) is 8.78 Å². The largest absolute Gasteiger partial charge is 0.316 e. The molecule has 96 valence electrons. The number of hydrogen-bond donors (Lipinski definition) is 1. The van der Waals surface area contributed by atoms with Gasteiger partial charge < -0.3 is 5.32 Å². The zero-order chi connectivity index (χ0) is 12.8. The monoisotopic (exact) mass is 259 g/mol. The molecule has 1 aromatic rings. The Bertz CT molecular complexity index is 345.